The van der Waals surface area contributed by atoms with E-state index >= 15 is 0 Å². The summed E-state index contributed by atoms with van der Waals surface area (Å²) in [6.07, 6.45) is 0.0553. The summed E-state index contributed by atoms with van der Waals surface area (Å²) in [4.78, 5) is 80.6. The zero-order valence-corrected chi connectivity index (χ0v) is 23.1. The molecule has 12 heteroatoms. The fourth-order valence-corrected chi connectivity index (χ4v) is 6.99. The highest BCUT2D eigenvalue weighted by atomic mass is 16.3. The fraction of sp³-hybridized carbons (Fsp3) is 0.400. The molecule has 12 nitrogen and oxygen atoms in total. The van der Waals surface area contributed by atoms with Gasteiger partial charge in [0.15, 0.2) is 34.7 Å². The van der Waals surface area contributed by atoms with Crippen LogP contribution in [0.5, 0.6) is 5.75 Å². The van der Waals surface area contributed by atoms with E-state index in [0.29, 0.717) is 22.3 Å². The minimum Gasteiger partial charge on any atom is -0.507 e. The monoisotopic (exact) mass is 576 g/mol. The highest BCUT2D eigenvalue weighted by Crippen LogP contribution is 2.51. The van der Waals surface area contributed by atoms with Crippen LogP contribution in [0.3, 0.4) is 0 Å². The lowest BCUT2D eigenvalue weighted by Gasteiger charge is -2.52. The summed E-state index contributed by atoms with van der Waals surface area (Å²) in [5, 5.41) is 25.2. The maximum atomic E-state index is 14.0. The lowest BCUT2D eigenvalue weighted by atomic mass is 9.52. The van der Waals surface area contributed by atoms with Gasteiger partial charge >= 0.3 is 0 Å². The largest absolute Gasteiger partial charge is 0.507 e. The SMILES string of the molecule is CN(C)[C@@H]1C(=O)C(C(N)=O)C(=O)[C@@]2(O)C(=O)C3C(=O)c4c(O)ccc(-c5cccc(C(=O)NCCN)c5)c4C[C@H]3C[C@@H]12. The molecule has 0 heterocycles. The van der Waals surface area contributed by atoms with Gasteiger partial charge in [0.1, 0.15) is 5.75 Å². The Bertz CT molecular complexity index is 1550. The van der Waals surface area contributed by atoms with Gasteiger partial charge in [-0.05, 0) is 67.7 Å². The van der Waals surface area contributed by atoms with Crippen molar-refractivity contribution >= 4 is 34.9 Å². The van der Waals surface area contributed by atoms with E-state index in [1.165, 1.54) is 25.1 Å². The van der Waals surface area contributed by atoms with E-state index in [4.69, 9.17) is 11.5 Å². The van der Waals surface area contributed by atoms with Gasteiger partial charge in [-0.1, -0.05) is 18.2 Å². The number of hydrogen-bond donors (Lipinski definition) is 5. The van der Waals surface area contributed by atoms with Crippen LogP contribution in [0.4, 0.5) is 0 Å². The predicted octanol–water partition coefficient (Wildman–Crippen LogP) is -0.777. The van der Waals surface area contributed by atoms with Gasteiger partial charge < -0.3 is 27.0 Å². The number of carbonyl (C=O) groups excluding carboxylic acids is 6. The molecule has 7 N–H and O–H groups in total. The van der Waals surface area contributed by atoms with Crippen molar-refractivity contribution in [1.82, 2.24) is 10.2 Å². The van der Waals surface area contributed by atoms with E-state index in [1.54, 1.807) is 30.3 Å². The molecular formula is C30H32N4O8. The van der Waals surface area contributed by atoms with Gasteiger partial charge in [-0.15, -0.1) is 0 Å². The average Bonchev–Trinajstić information content (AvgIpc) is 2.93. The minimum atomic E-state index is -2.78. The lowest BCUT2D eigenvalue weighted by molar-refractivity contribution is -0.181. The number of amides is 2. The number of aliphatic hydroxyl groups is 1. The Morgan fingerprint density at radius 3 is 2.45 bits per heavy atom. The molecule has 3 aliphatic rings. The highest BCUT2D eigenvalue weighted by Gasteiger charge is 2.69. The number of aromatic hydroxyl groups is 1. The summed E-state index contributed by atoms with van der Waals surface area (Å²) in [6, 6.07) is 8.45. The van der Waals surface area contributed by atoms with E-state index in [1.807, 2.05) is 0 Å². The second-order valence-electron chi connectivity index (χ2n) is 11.4. The standard InChI is InChI=1S/C30H32N4O8/c1-34(2)23-18-12-15-11-17-16(13-4-3-5-14(10-13)29(41)33-9-8-31)6-7-19(35)21(17)24(36)20(15)26(38)30(18,42)27(39)22(25(23)37)28(32)40/h3-7,10,15,18,20,22-23,35,42H,8-9,11-12,31H2,1-2H3,(H2,32,40)(H,33,41)/t15-,18-,20?,22?,23-,30-/m0/s1. The van der Waals surface area contributed by atoms with Crippen LogP contribution in [-0.2, 0) is 25.6 Å². The lowest BCUT2D eigenvalue weighted by Crippen LogP contribution is -2.74. The van der Waals surface area contributed by atoms with E-state index in [0.717, 1.165) is 0 Å². The number of Topliss-reactive ketones (excluding diaryl/α,β-unsaturated/α-hetero) is 4. The molecule has 0 spiro atoms. The Balaban J connectivity index is 1.61. The molecule has 0 bridgehead atoms. The molecule has 2 amide bonds. The molecule has 3 aliphatic carbocycles. The molecule has 2 aromatic carbocycles. The molecule has 2 saturated carbocycles. The topological polar surface area (TPSA) is 210 Å². The Labute approximate surface area is 241 Å². The summed E-state index contributed by atoms with van der Waals surface area (Å²) in [5.41, 5.74) is 9.90. The van der Waals surface area contributed by atoms with Crippen LogP contribution in [0.1, 0.15) is 32.7 Å². The number of likely N-dealkylation sites (N-methyl/N-ethyl adjacent to an activating group) is 1. The smallest absolute Gasteiger partial charge is 0.251 e. The number of nitrogens with one attached hydrogen (secondary N) is 1. The first-order valence-corrected chi connectivity index (χ1v) is 13.6. The molecule has 6 atom stereocenters. The number of phenolic OH excluding ortho intramolecular Hbond substituents is 1. The number of benzene rings is 2. The van der Waals surface area contributed by atoms with Gasteiger partial charge in [0.25, 0.3) is 5.91 Å². The quantitative estimate of drug-likeness (QED) is 0.271. The van der Waals surface area contributed by atoms with Crippen molar-refractivity contribution in [2.24, 2.45) is 35.1 Å². The summed E-state index contributed by atoms with van der Waals surface area (Å²) < 4.78 is 0. The van der Waals surface area contributed by atoms with Crippen molar-refractivity contribution in [1.29, 1.82) is 0 Å². The predicted molar refractivity (Wildman–Crippen MR) is 148 cm³/mol. The van der Waals surface area contributed by atoms with Crippen molar-refractivity contribution in [3.8, 4) is 16.9 Å². The van der Waals surface area contributed by atoms with E-state index in [9.17, 15) is 39.0 Å². The van der Waals surface area contributed by atoms with Crippen LogP contribution in [0.25, 0.3) is 11.1 Å². The normalized spacial score (nSPS) is 28.6. The number of nitrogens with zero attached hydrogens (tertiary/aromatic N) is 1. The average molecular weight is 577 g/mol. The first kappa shape index (κ1) is 29.2. The van der Waals surface area contributed by atoms with Gasteiger partial charge in [-0.2, -0.15) is 0 Å². The van der Waals surface area contributed by atoms with Crippen LogP contribution in [0.2, 0.25) is 0 Å². The zero-order valence-electron chi connectivity index (χ0n) is 23.1. The third kappa shape index (κ3) is 4.25. The summed E-state index contributed by atoms with van der Waals surface area (Å²) in [7, 11) is 3.06. The molecular weight excluding hydrogens is 544 g/mol. The molecule has 0 saturated heterocycles. The molecule has 0 aliphatic heterocycles. The number of nitrogens with two attached hydrogens (primary N) is 2. The number of hydrogen-bond acceptors (Lipinski definition) is 10. The molecule has 42 heavy (non-hydrogen) atoms. The first-order chi connectivity index (χ1) is 19.8. The highest BCUT2D eigenvalue weighted by molar-refractivity contribution is 6.32. The van der Waals surface area contributed by atoms with Crippen molar-refractivity contribution in [2.45, 2.75) is 24.5 Å². The number of phenols is 1. The van der Waals surface area contributed by atoms with Crippen molar-refractivity contribution < 1.29 is 39.0 Å². The Hall–Kier alpha value is -4.26. The molecule has 5 rings (SSSR count). The van der Waals surface area contributed by atoms with E-state index in [2.05, 4.69) is 5.32 Å². The number of primary amides is 1. The van der Waals surface area contributed by atoms with Crippen LogP contribution >= 0.6 is 0 Å². The Kier molecular flexibility index (Phi) is 7.34. The Morgan fingerprint density at radius 1 is 1.10 bits per heavy atom. The zero-order chi connectivity index (χ0) is 30.7. The van der Waals surface area contributed by atoms with Gasteiger partial charge in [-0.25, -0.2) is 0 Å². The molecule has 0 radical (unpaired) electrons. The molecule has 220 valence electrons. The summed E-state index contributed by atoms with van der Waals surface area (Å²) in [5.74, 6) is -11.4. The number of rotatable bonds is 6. The Morgan fingerprint density at radius 2 is 1.81 bits per heavy atom. The maximum Gasteiger partial charge on any atom is 0.251 e. The molecule has 2 unspecified atom stereocenters. The minimum absolute atomic E-state index is 0.0550. The van der Waals surface area contributed by atoms with Crippen molar-refractivity contribution in [3.05, 3.63) is 53.1 Å². The van der Waals surface area contributed by atoms with Crippen LogP contribution in [-0.4, -0.2) is 88.9 Å². The van der Waals surface area contributed by atoms with Gasteiger partial charge in [0.2, 0.25) is 5.91 Å². The number of fused-ring (bicyclic) bond motifs is 3. The number of ketones is 4. The third-order valence-corrected chi connectivity index (χ3v) is 8.81. The second kappa shape index (κ2) is 10.5. The summed E-state index contributed by atoms with van der Waals surface area (Å²) >= 11 is 0. The van der Waals surface area contributed by atoms with Crippen molar-refractivity contribution in [2.75, 3.05) is 27.2 Å². The molecule has 2 fully saturated rings. The van der Waals surface area contributed by atoms with Crippen LogP contribution in [0.15, 0.2) is 36.4 Å². The molecule has 0 aromatic heterocycles. The van der Waals surface area contributed by atoms with Crippen LogP contribution in [0, 0.1) is 23.7 Å². The molecule has 2 aromatic rings. The van der Waals surface area contributed by atoms with Gasteiger partial charge in [0.05, 0.1) is 17.5 Å². The summed E-state index contributed by atoms with van der Waals surface area (Å²) in [6.45, 7) is 0.557. The van der Waals surface area contributed by atoms with Crippen molar-refractivity contribution in [3.63, 3.8) is 0 Å². The fourth-order valence-electron chi connectivity index (χ4n) is 6.99. The second-order valence-corrected chi connectivity index (χ2v) is 11.4. The van der Waals surface area contributed by atoms with E-state index < -0.39 is 64.4 Å². The number of carbonyl (C=O) groups is 6. The first-order valence-electron chi connectivity index (χ1n) is 13.6. The van der Waals surface area contributed by atoms with Gasteiger partial charge in [0, 0.05) is 24.6 Å². The third-order valence-electron chi connectivity index (χ3n) is 8.81. The van der Waals surface area contributed by atoms with Gasteiger partial charge in [-0.3, -0.25) is 33.7 Å². The van der Waals surface area contributed by atoms with E-state index in [-0.39, 0.29) is 43.2 Å². The maximum absolute atomic E-state index is 14.0. The van der Waals surface area contributed by atoms with Crippen LogP contribution < -0.4 is 16.8 Å².